The van der Waals surface area contributed by atoms with Crippen LogP contribution in [0.2, 0.25) is 0 Å². The minimum Gasteiger partial charge on any atom is -0.340 e. The molecule has 0 unspecified atom stereocenters. The van der Waals surface area contributed by atoms with Crippen molar-refractivity contribution < 1.29 is 4.79 Å². The highest BCUT2D eigenvalue weighted by Gasteiger charge is 2.09. The number of ketones is 1. The summed E-state index contributed by atoms with van der Waals surface area (Å²) in [6, 6.07) is 15.7. The molecule has 0 spiro atoms. The molecule has 0 atom stereocenters. The van der Waals surface area contributed by atoms with E-state index >= 15 is 0 Å². The molecule has 0 aliphatic carbocycles. The number of halogens is 1. The first kappa shape index (κ1) is 13.1. The minimum absolute atomic E-state index is 0.116. The fourth-order valence-electron chi connectivity index (χ4n) is 2.42. The van der Waals surface area contributed by atoms with Gasteiger partial charge in [0, 0.05) is 27.1 Å². The molecule has 3 aromatic rings. The maximum Gasteiger partial charge on any atom is 0.182 e. The van der Waals surface area contributed by atoms with Gasteiger partial charge in [-0.15, -0.1) is 0 Å². The predicted octanol–water partition coefficient (Wildman–Crippen LogP) is 4.60. The van der Waals surface area contributed by atoms with Crippen molar-refractivity contribution in [1.29, 1.82) is 0 Å². The molecule has 0 bridgehead atoms. The van der Waals surface area contributed by atoms with Crippen LogP contribution in [-0.2, 0) is 6.54 Å². The van der Waals surface area contributed by atoms with E-state index in [9.17, 15) is 4.79 Å². The van der Waals surface area contributed by atoms with Gasteiger partial charge >= 0.3 is 0 Å². The lowest BCUT2D eigenvalue weighted by Crippen LogP contribution is -2.09. The highest BCUT2D eigenvalue weighted by atomic mass is 79.9. The van der Waals surface area contributed by atoms with Crippen molar-refractivity contribution in [3.8, 4) is 0 Å². The second kappa shape index (κ2) is 5.25. The summed E-state index contributed by atoms with van der Waals surface area (Å²) in [6.07, 6.45) is 1.98. The van der Waals surface area contributed by atoms with Crippen molar-refractivity contribution in [1.82, 2.24) is 4.57 Å². The normalized spacial score (nSPS) is 10.9. The highest BCUT2D eigenvalue weighted by molar-refractivity contribution is 9.10. The first-order chi connectivity index (χ1) is 9.65. The van der Waals surface area contributed by atoms with Crippen molar-refractivity contribution in [2.45, 2.75) is 13.5 Å². The number of carbonyl (C=O) groups excluding carboxylic acids is 1. The van der Waals surface area contributed by atoms with E-state index in [4.69, 9.17) is 0 Å². The predicted molar refractivity (Wildman–Crippen MR) is 85.1 cm³/mol. The summed E-state index contributed by atoms with van der Waals surface area (Å²) in [6.45, 7) is 2.45. The van der Waals surface area contributed by atoms with Gasteiger partial charge < -0.3 is 4.57 Å². The standard InChI is InChI=1S/C17H14BrNO/c1-12-4-2-7-16-15(12)8-9-19(16)11-17(20)13-5-3-6-14(18)10-13/h2-10H,11H2,1H3. The molecule has 0 aliphatic rings. The first-order valence-electron chi connectivity index (χ1n) is 6.48. The molecule has 1 aromatic heterocycles. The van der Waals surface area contributed by atoms with Crippen LogP contribution in [0.25, 0.3) is 10.9 Å². The molecule has 3 heteroatoms. The molecule has 0 saturated carbocycles. The van der Waals surface area contributed by atoms with Crippen molar-refractivity contribution in [2.24, 2.45) is 0 Å². The fraction of sp³-hybridized carbons (Fsp3) is 0.118. The molecule has 0 aliphatic heterocycles. The Morgan fingerprint density at radius 2 is 1.95 bits per heavy atom. The van der Waals surface area contributed by atoms with E-state index in [1.807, 2.05) is 41.1 Å². The van der Waals surface area contributed by atoms with Crippen LogP contribution in [-0.4, -0.2) is 10.4 Å². The average molecular weight is 328 g/mol. The number of nitrogens with zero attached hydrogens (tertiary/aromatic N) is 1. The molecule has 0 amide bonds. The molecule has 20 heavy (non-hydrogen) atoms. The number of rotatable bonds is 3. The van der Waals surface area contributed by atoms with E-state index in [0.717, 1.165) is 15.6 Å². The third-order valence-corrected chi connectivity index (χ3v) is 3.99. The van der Waals surface area contributed by atoms with E-state index in [1.54, 1.807) is 0 Å². The third-order valence-electron chi connectivity index (χ3n) is 3.49. The number of aryl methyl sites for hydroxylation is 1. The fourth-order valence-corrected chi connectivity index (χ4v) is 2.82. The van der Waals surface area contributed by atoms with Crippen molar-refractivity contribution in [2.75, 3.05) is 0 Å². The Morgan fingerprint density at radius 1 is 1.15 bits per heavy atom. The van der Waals surface area contributed by atoms with E-state index < -0.39 is 0 Å². The second-order valence-electron chi connectivity index (χ2n) is 4.88. The van der Waals surface area contributed by atoms with Crippen LogP contribution in [0.4, 0.5) is 0 Å². The van der Waals surface area contributed by atoms with E-state index in [0.29, 0.717) is 6.54 Å². The van der Waals surface area contributed by atoms with Crippen LogP contribution < -0.4 is 0 Å². The Balaban J connectivity index is 1.94. The Bertz CT molecular complexity index is 789. The maximum atomic E-state index is 12.4. The lowest BCUT2D eigenvalue weighted by Gasteiger charge is -2.06. The summed E-state index contributed by atoms with van der Waals surface area (Å²) in [5.41, 5.74) is 3.07. The number of carbonyl (C=O) groups is 1. The van der Waals surface area contributed by atoms with Gasteiger partial charge in [0.2, 0.25) is 0 Å². The lowest BCUT2D eigenvalue weighted by molar-refractivity contribution is 0.0973. The Labute approximate surface area is 126 Å². The molecule has 3 rings (SSSR count). The zero-order valence-corrected chi connectivity index (χ0v) is 12.7. The van der Waals surface area contributed by atoms with E-state index in [-0.39, 0.29) is 5.78 Å². The summed E-state index contributed by atoms with van der Waals surface area (Å²) >= 11 is 3.40. The molecule has 2 nitrogen and oxygen atoms in total. The van der Waals surface area contributed by atoms with Gasteiger partial charge in [-0.3, -0.25) is 4.79 Å². The summed E-state index contributed by atoms with van der Waals surface area (Å²) in [5.74, 6) is 0.116. The number of fused-ring (bicyclic) bond motifs is 1. The van der Waals surface area contributed by atoms with Crippen LogP contribution in [0.3, 0.4) is 0 Å². The largest absolute Gasteiger partial charge is 0.340 e. The lowest BCUT2D eigenvalue weighted by atomic mass is 10.1. The van der Waals surface area contributed by atoms with Gasteiger partial charge in [-0.05, 0) is 36.8 Å². The molecule has 0 radical (unpaired) electrons. The topological polar surface area (TPSA) is 22.0 Å². The quantitative estimate of drug-likeness (QED) is 0.644. The van der Waals surface area contributed by atoms with Crippen LogP contribution in [0.5, 0.6) is 0 Å². The zero-order chi connectivity index (χ0) is 14.1. The van der Waals surface area contributed by atoms with Gasteiger partial charge in [0.15, 0.2) is 5.78 Å². The van der Waals surface area contributed by atoms with Gasteiger partial charge in [-0.25, -0.2) is 0 Å². The number of hydrogen-bond donors (Lipinski definition) is 0. The monoisotopic (exact) mass is 327 g/mol. The van der Waals surface area contributed by atoms with Crippen LogP contribution >= 0.6 is 15.9 Å². The first-order valence-corrected chi connectivity index (χ1v) is 7.28. The van der Waals surface area contributed by atoms with Gasteiger partial charge in [0.05, 0.1) is 6.54 Å². The Kier molecular flexibility index (Phi) is 3.45. The van der Waals surface area contributed by atoms with Gasteiger partial charge in [-0.2, -0.15) is 0 Å². The number of benzene rings is 2. The van der Waals surface area contributed by atoms with Crippen LogP contribution in [0.1, 0.15) is 15.9 Å². The van der Waals surface area contributed by atoms with Gasteiger partial charge in [-0.1, -0.05) is 40.2 Å². The summed E-state index contributed by atoms with van der Waals surface area (Å²) in [4.78, 5) is 12.4. The molecule has 1 heterocycles. The van der Waals surface area contributed by atoms with Crippen molar-refractivity contribution in [3.05, 3.63) is 70.3 Å². The Morgan fingerprint density at radius 3 is 2.75 bits per heavy atom. The summed E-state index contributed by atoms with van der Waals surface area (Å²) in [7, 11) is 0. The van der Waals surface area contributed by atoms with E-state index in [2.05, 4.69) is 41.1 Å². The number of aromatic nitrogens is 1. The molecule has 0 N–H and O–H groups in total. The molecule has 2 aromatic carbocycles. The van der Waals surface area contributed by atoms with Crippen molar-refractivity contribution in [3.63, 3.8) is 0 Å². The SMILES string of the molecule is Cc1cccc2c1ccn2CC(=O)c1cccc(Br)c1. The third kappa shape index (κ3) is 2.41. The number of Topliss-reactive ketones (excluding diaryl/α,β-unsaturated/α-hetero) is 1. The summed E-state index contributed by atoms with van der Waals surface area (Å²) < 4.78 is 2.93. The van der Waals surface area contributed by atoms with Crippen LogP contribution in [0.15, 0.2) is 59.2 Å². The second-order valence-corrected chi connectivity index (χ2v) is 5.80. The number of hydrogen-bond acceptors (Lipinski definition) is 1. The van der Waals surface area contributed by atoms with Gasteiger partial charge in [0.1, 0.15) is 0 Å². The zero-order valence-electron chi connectivity index (χ0n) is 11.1. The minimum atomic E-state index is 0.116. The molecule has 0 fully saturated rings. The van der Waals surface area contributed by atoms with Gasteiger partial charge in [0.25, 0.3) is 0 Å². The maximum absolute atomic E-state index is 12.4. The van der Waals surface area contributed by atoms with E-state index in [1.165, 1.54) is 10.9 Å². The summed E-state index contributed by atoms with van der Waals surface area (Å²) in [5, 5.41) is 1.20. The Hall–Kier alpha value is -1.87. The highest BCUT2D eigenvalue weighted by Crippen LogP contribution is 2.20. The van der Waals surface area contributed by atoms with Crippen LogP contribution in [0, 0.1) is 6.92 Å². The molecule has 0 saturated heterocycles. The molecule has 100 valence electrons. The smallest absolute Gasteiger partial charge is 0.182 e. The van der Waals surface area contributed by atoms with Crippen molar-refractivity contribution >= 4 is 32.6 Å². The molecular weight excluding hydrogens is 314 g/mol. The average Bonchev–Trinajstić information content (AvgIpc) is 2.83. The molecular formula is C17H14BrNO.